The third-order valence-electron chi connectivity index (χ3n) is 4.67. The number of nitrogens with zero attached hydrogens (tertiary/aromatic N) is 4. The molecule has 0 atom stereocenters. The third-order valence-corrected chi connectivity index (χ3v) is 4.87. The van der Waals surface area contributed by atoms with E-state index in [-0.39, 0.29) is 0 Å². The Balaban J connectivity index is 1.53. The molecule has 1 saturated heterocycles. The van der Waals surface area contributed by atoms with Crippen LogP contribution in [0.2, 0.25) is 5.15 Å². The maximum absolute atomic E-state index is 6.30. The van der Waals surface area contributed by atoms with Gasteiger partial charge in [0.05, 0.1) is 18.7 Å². The molecule has 0 saturated carbocycles. The molecule has 8 heteroatoms. The maximum atomic E-state index is 6.30. The average Bonchev–Trinajstić information content (AvgIpc) is 3.11. The number of aromatic amines is 1. The Labute approximate surface area is 160 Å². The highest BCUT2D eigenvalue weighted by Crippen LogP contribution is 2.31. The molecule has 0 amide bonds. The van der Waals surface area contributed by atoms with Crippen LogP contribution in [0.4, 0.5) is 17.3 Å². The van der Waals surface area contributed by atoms with Gasteiger partial charge in [-0.3, -0.25) is 10.1 Å². The zero-order valence-corrected chi connectivity index (χ0v) is 15.2. The number of fused-ring (bicyclic) bond motifs is 2. The Bertz CT molecular complexity index is 1120. The van der Waals surface area contributed by atoms with Gasteiger partial charge >= 0.3 is 0 Å². The minimum atomic E-state index is 0.480. The lowest BCUT2D eigenvalue weighted by atomic mass is 10.1. The van der Waals surface area contributed by atoms with E-state index in [0.717, 1.165) is 46.4 Å². The fourth-order valence-electron chi connectivity index (χ4n) is 3.38. The molecule has 7 nitrogen and oxygen atoms in total. The molecule has 1 aromatic carbocycles. The summed E-state index contributed by atoms with van der Waals surface area (Å²) >= 11 is 6.30. The molecule has 136 valence electrons. The van der Waals surface area contributed by atoms with E-state index in [9.17, 15) is 0 Å². The Hall–Kier alpha value is -2.90. The smallest absolute Gasteiger partial charge is 0.178 e. The van der Waals surface area contributed by atoms with Crippen LogP contribution in [-0.4, -0.2) is 46.5 Å². The standard InChI is InChI=1S/C19H17ClN6O/c20-16-11-12-10-13(22-18-17-15(24-25-18)2-1-5-21-17)3-4-14(12)19(23-16)26-6-8-27-9-7-26/h1-5,10-11H,6-9H2,(H2,22,24,25). The second-order valence-corrected chi connectivity index (χ2v) is 6.79. The van der Waals surface area contributed by atoms with Crippen molar-refractivity contribution in [1.29, 1.82) is 0 Å². The van der Waals surface area contributed by atoms with Gasteiger partial charge in [0.1, 0.15) is 16.5 Å². The Morgan fingerprint density at radius 3 is 2.93 bits per heavy atom. The second kappa shape index (κ2) is 6.68. The third kappa shape index (κ3) is 3.05. The van der Waals surface area contributed by atoms with E-state index >= 15 is 0 Å². The van der Waals surface area contributed by atoms with Gasteiger partial charge in [-0.2, -0.15) is 5.10 Å². The molecule has 0 radical (unpaired) electrons. The van der Waals surface area contributed by atoms with Gasteiger partial charge in [-0.15, -0.1) is 0 Å². The summed E-state index contributed by atoms with van der Waals surface area (Å²) in [5.74, 6) is 1.60. The predicted octanol–water partition coefficient (Wildman–Crippen LogP) is 3.74. The van der Waals surface area contributed by atoms with E-state index in [0.29, 0.717) is 24.2 Å². The molecule has 0 aliphatic carbocycles. The number of halogens is 1. The number of nitrogens with one attached hydrogen (secondary N) is 2. The molecule has 4 aromatic rings. The van der Waals surface area contributed by atoms with Crippen molar-refractivity contribution in [2.45, 2.75) is 0 Å². The monoisotopic (exact) mass is 380 g/mol. The van der Waals surface area contributed by atoms with E-state index in [4.69, 9.17) is 16.3 Å². The van der Waals surface area contributed by atoms with Crippen molar-refractivity contribution in [2.75, 3.05) is 36.5 Å². The van der Waals surface area contributed by atoms with Crippen LogP contribution in [0.15, 0.2) is 42.6 Å². The molecule has 0 spiro atoms. The highest BCUT2D eigenvalue weighted by atomic mass is 35.5. The van der Waals surface area contributed by atoms with Gasteiger partial charge in [0.25, 0.3) is 0 Å². The first-order valence-corrected chi connectivity index (χ1v) is 9.15. The molecule has 1 aliphatic heterocycles. The van der Waals surface area contributed by atoms with E-state index in [2.05, 4.69) is 42.5 Å². The van der Waals surface area contributed by atoms with E-state index in [1.54, 1.807) is 6.20 Å². The summed E-state index contributed by atoms with van der Waals surface area (Å²) < 4.78 is 5.45. The normalized spacial score (nSPS) is 14.8. The molecule has 0 bridgehead atoms. The number of hydrogen-bond donors (Lipinski definition) is 2. The van der Waals surface area contributed by atoms with Gasteiger partial charge in [0.2, 0.25) is 0 Å². The number of aromatic nitrogens is 4. The Morgan fingerprint density at radius 2 is 2.04 bits per heavy atom. The number of hydrogen-bond acceptors (Lipinski definition) is 6. The molecular formula is C19H17ClN6O. The van der Waals surface area contributed by atoms with Crippen molar-refractivity contribution in [1.82, 2.24) is 20.2 Å². The van der Waals surface area contributed by atoms with E-state index in [1.165, 1.54) is 0 Å². The summed E-state index contributed by atoms with van der Waals surface area (Å²) in [6.45, 7) is 3.03. The average molecular weight is 381 g/mol. The summed E-state index contributed by atoms with van der Waals surface area (Å²) in [6.07, 6.45) is 1.75. The lowest BCUT2D eigenvalue weighted by Gasteiger charge is -2.29. The van der Waals surface area contributed by atoms with Crippen LogP contribution in [0.1, 0.15) is 0 Å². The molecule has 0 unspecified atom stereocenters. The van der Waals surface area contributed by atoms with Crippen LogP contribution in [-0.2, 0) is 4.74 Å². The van der Waals surface area contributed by atoms with Gasteiger partial charge < -0.3 is 15.0 Å². The van der Waals surface area contributed by atoms with E-state index in [1.807, 2.05) is 24.3 Å². The van der Waals surface area contributed by atoms with Gasteiger partial charge in [-0.05, 0) is 41.8 Å². The van der Waals surface area contributed by atoms with Crippen molar-refractivity contribution < 1.29 is 4.74 Å². The SMILES string of the molecule is Clc1cc2cc(Nc3n[nH]c4cccnc34)ccc2c(N2CCOCC2)n1. The number of morpholine rings is 1. The first kappa shape index (κ1) is 16.3. The zero-order chi connectivity index (χ0) is 18.2. The number of H-pyrrole nitrogens is 1. The molecule has 1 fully saturated rings. The molecule has 1 aliphatic rings. The largest absolute Gasteiger partial charge is 0.378 e. The van der Waals surface area contributed by atoms with Gasteiger partial charge in [-0.1, -0.05) is 11.6 Å². The number of pyridine rings is 2. The van der Waals surface area contributed by atoms with Crippen LogP contribution in [0.3, 0.4) is 0 Å². The van der Waals surface area contributed by atoms with E-state index < -0.39 is 0 Å². The van der Waals surface area contributed by atoms with Crippen LogP contribution >= 0.6 is 11.6 Å². The van der Waals surface area contributed by atoms with Crippen molar-refractivity contribution >= 4 is 50.7 Å². The quantitative estimate of drug-likeness (QED) is 0.527. The minimum absolute atomic E-state index is 0.480. The Kier molecular flexibility index (Phi) is 4.03. The molecular weight excluding hydrogens is 364 g/mol. The van der Waals surface area contributed by atoms with Gasteiger partial charge in [0, 0.05) is 30.4 Å². The van der Waals surface area contributed by atoms with Crippen LogP contribution in [0.5, 0.6) is 0 Å². The van der Waals surface area contributed by atoms with Crippen molar-refractivity contribution in [3.8, 4) is 0 Å². The molecule has 3 aromatic heterocycles. The second-order valence-electron chi connectivity index (χ2n) is 6.40. The molecule has 2 N–H and O–H groups in total. The zero-order valence-electron chi connectivity index (χ0n) is 14.4. The summed E-state index contributed by atoms with van der Waals surface area (Å²) in [5.41, 5.74) is 2.61. The van der Waals surface area contributed by atoms with Crippen LogP contribution < -0.4 is 10.2 Å². The molecule has 5 rings (SSSR count). The number of rotatable bonds is 3. The first-order chi connectivity index (χ1) is 13.3. The van der Waals surface area contributed by atoms with Gasteiger partial charge in [-0.25, -0.2) is 4.98 Å². The highest BCUT2D eigenvalue weighted by Gasteiger charge is 2.17. The van der Waals surface area contributed by atoms with Crippen LogP contribution in [0, 0.1) is 0 Å². The molecule has 27 heavy (non-hydrogen) atoms. The topological polar surface area (TPSA) is 79.0 Å². The summed E-state index contributed by atoms with van der Waals surface area (Å²) in [5, 5.41) is 13.2. The number of anilines is 3. The highest BCUT2D eigenvalue weighted by molar-refractivity contribution is 6.30. The maximum Gasteiger partial charge on any atom is 0.178 e. The first-order valence-electron chi connectivity index (χ1n) is 8.77. The fraction of sp³-hybridized carbons (Fsp3) is 0.211. The Morgan fingerprint density at radius 1 is 1.15 bits per heavy atom. The van der Waals surface area contributed by atoms with Crippen molar-refractivity contribution in [3.05, 3.63) is 47.7 Å². The van der Waals surface area contributed by atoms with Crippen LogP contribution in [0.25, 0.3) is 21.8 Å². The fourth-order valence-corrected chi connectivity index (χ4v) is 3.58. The van der Waals surface area contributed by atoms with Crippen molar-refractivity contribution in [2.24, 2.45) is 0 Å². The lowest BCUT2D eigenvalue weighted by Crippen LogP contribution is -2.36. The predicted molar refractivity (Wildman–Crippen MR) is 107 cm³/mol. The molecule has 4 heterocycles. The van der Waals surface area contributed by atoms with Crippen molar-refractivity contribution in [3.63, 3.8) is 0 Å². The minimum Gasteiger partial charge on any atom is -0.378 e. The summed E-state index contributed by atoms with van der Waals surface area (Å²) in [6, 6.07) is 11.8. The number of benzene rings is 1. The van der Waals surface area contributed by atoms with Gasteiger partial charge in [0.15, 0.2) is 5.82 Å². The number of ether oxygens (including phenoxy) is 1. The summed E-state index contributed by atoms with van der Waals surface area (Å²) in [7, 11) is 0. The summed E-state index contributed by atoms with van der Waals surface area (Å²) in [4.78, 5) is 11.2. The lowest BCUT2D eigenvalue weighted by molar-refractivity contribution is 0.122.